The minimum absolute atomic E-state index is 0. The van der Waals surface area contributed by atoms with Crippen LogP contribution in [-0.4, -0.2) is 20.3 Å². The number of hydrogen-bond acceptors (Lipinski definition) is 2. The van der Waals surface area contributed by atoms with Gasteiger partial charge in [-0.2, -0.15) is 0 Å². The maximum Gasteiger partial charge on any atom is 0.0725 e. The first kappa shape index (κ1) is 10.1. The van der Waals surface area contributed by atoms with E-state index in [4.69, 9.17) is 0 Å². The summed E-state index contributed by atoms with van der Waals surface area (Å²) < 4.78 is 1.78. The molecule has 0 aliphatic rings. The number of aryl methyl sites for hydroxylation is 2. The summed E-state index contributed by atoms with van der Waals surface area (Å²) in [7, 11) is 1.89. The van der Waals surface area contributed by atoms with Crippen LogP contribution in [0, 0.1) is 0 Å². The van der Waals surface area contributed by atoms with Crippen LogP contribution in [0.1, 0.15) is 5.69 Å². The van der Waals surface area contributed by atoms with Gasteiger partial charge in [-0.05, 0) is 0 Å². The van der Waals surface area contributed by atoms with Crippen LogP contribution in [0.2, 0.25) is 0 Å². The van der Waals surface area contributed by atoms with Gasteiger partial charge in [0, 0.05) is 18.8 Å². The van der Waals surface area contributed by atoms with Gasteiger partial charge in [-0.15, -0.1) is 22.1 Å². The molecule has 0 unspecified atom stereocenters. The minimum Gasteiger partial charge on any atom is -0.252 e. The molecule has 0 saturated heterocycles. The van der Waals surface area contributed by atoms with E-state index in [2.05, 4.69) is 26.2 Å². The van der Waals surface area contributed by atoms with Crippen LogP contribution in [0.15, 0.2) is 6.20 Å². The van der Waals surface area contributed by atoms with Crippen LogP contribution < -0.4 is 0 Å². The van der Waals surface area contributed by atoms with Gasteiger partial charge in [-0.1, -0.05) is 21.1 Å². The van der Waals surface area contributed by atoms with Crippen molar-refractivity contribution in [3.05, 3.63) is 11.9 Å². The van der Waals surface area contributed by atoms with Crippen molar-refractivity contribution >= 4 is 32.9 Å². The second kappa shape index (κ2) is 4.85. The van der Waals surface area contributed by atoms with Gasteiger partial charge in [0.05, 0.1) is 11.9 Å². The highest BCUT2D eigenvalue weighted by Crippen LogP contribution is 1.96. The zero-order valence-corrected chi connectivity index (χ0v) is 8.92. The summed E-state index contributed by atoms with van der Waals surface area (Å²) in [5.74, 6) is 0. The molecular formula is C5H9Br2N3. The lowest BCUT2D eigenvalue weighted by Gasteiger charge is -1.93. The smallest absolute Gasteiger partial charge is 0.0725 e. The molecule has 1 aromatic heterocycles. The van der Waals surface area contributed by atoms with Gasteiger partial charge in [-0.3, -0.25) is 4.68 Å². The fraction of sp³-hybridized carbons (Fsp3) is 0.600. The van der Waals surface area contributed by atoms with Gasteiger partial charge in [-0.25, -0.2) is 0 Å². The Bertz CT molecular complexity index is 187. The first-order valence-corrected chi connectivity index (χ1v) is 3.86. The third kappa shape index (κ3) is 2.38. The molecule has 0 fully saturated rings. The Kier molecular flexibility index (Phi) is 4.89. The van der Waals surface area contributed by atoms with Crippen molar-refractivity contribution in [1.82, 2.24) is 15.0 Å². The van der Waals surface area contributed by atoms with Crippen LogP contribution in [0.3, 0.4) is 0 Å². The van der Waals surface area contributed by atoms with E-state index in [1.807, 2.05) is 7.05 Å². The number of alkyl halides is 1. The SMILES string of the molecule is Br.Cn1nncc1CCBr. The van der Waals surface area contributed by atoms with E-state index in [1.165, 1.54) is 0 Å². The topological polar surface area (TPSA) is 30.7 Å². The molecule has 0 amide bonds. The first-order chi connectivity index (χ1) is 4.34. The van der Waals surface area contributed by atoms with Crippen LogP contribution in [0.5, 0.6) is 0 Å². The zero-order valence-electron chi connectivity index (χ0n) is 5.62. The summed E-state index contributed by atoms with van der Waals surface area (Å²) in [6.07, 6.45) is 2.77. The molecule has 0 aliphatic carbocycles. The Morgan fingerprint density at radius 2 is 2.40 bits per heavy atom. The molecule has 1 aromatic rings. The molecule has 1 rings (SSSR count). The van der Waals surface area contributed by atoms with Gasteiger partial charge in [0.2, 0.25) is 0 Å². The number of hydrogen-bond donors (Lipinski definition) is 0. The van der Waals surface area contributed by atoms with Crippen LogP contribution in [0.25, 0.3) is 0 Å². The summed E-state index contributed by atoms with van der Waals surface area (Å²) in [6, 6.07) is 0. The third-order valence-corrected chi connectivity index (χ3v) is 1.56. The Balaban J connectivity index is 0.000000810. The highest BCUT2D eigenvalue weighted by atomic mass is 79.9. The fourth-order valence-corrected chi connectivity index (χ4v) is 1.04. The van der Waals surface area contributed by atoms with E-state index in [0.29, 0.717) is 0 Å². The zero-order chi connectivity index (χ0) is 6.69. The summed E-state index contributed by atoms with van der Waals surface area (Å²) in [5.41, 5.74) is 1.16. The Morgan fingerprint density at radius 3 is 2.80 bits per heavy atom. The average molecular weight is 271 g/mol. The lowest BCUT2D eigenvalue weighted by Crippen LogP contribution is -1.98. The molecule has 0 aliphatic heterocycles. The summed E-state index contributed by atoms with van der Waals surface area (Å²) in [6.45, 7) is 0. The largest absolute Gasteiger partial charge is 0.252 e. The van der Waals surface area contributed by atoms with E-state index < -0.39 is 0 Å². The molecule has 0 N–H and O–H groups in total. The lowest BCUT2D eigenvalue weighted by atomic mass is 10.4. The van der Waals surface area contributed by atoms with Gasteiger partial charge < -0.3 is 0 Å². The summed E-state index contributed by atoms with van der Waals surface area (Å²) in [4.78, 5) is 0. The standard InChI is InChI=1S/C5H8BrN3.BrH/c1-9-5(2-3-6)4-7-8-9;/h4H,2-3H2,1H3;1H. The van der Waals surface area contributed by atoms with Gasteiger partial charge >= 0.3 is 0 Å². The van der Waals surface area contributed by atoms with Crippen molar-refractivity contribution in [3.8, 4) is 0 Å². The molecule has 1 heterocycles. The number of nitrogens with zero attached hydrogens (tertiary/aromatic N) is 3. The average Bonchev–Trinajstić information content (AvgIpc) is 2.18. The van der Waals surface area contributed by atoms with E-state index in [9.17, 15) is 0 Å². The maximum atomic E-state index is 3.78. The Labute approximate surface area is 78.7 Å². The monoisotopic (exact) mass is 269 g/mol. The molecule has 10 heavy (non-hydrogen) atoms. The highest BCUT2D eigenvalue weighted by molar-refractivity contribution is 9.09. The molecule has 0 bridgehead atoms. The Morgan fingerprint density at radius 1 is 1.70 bits per heavy atom. The second-order valence-electron chi connectivity index (χ2n) is 1.79. The van der Waals surface area contributed by atoms with E-state index in [-0.39, 0.29) is 17.0 Å². The van der Waals surface area contributed by atoms with Crippen LogP contribution in [-0.2, 0) is 13.5 Å². The molecule has 0 aromatic carbocycles. The van der Waals surface area contributed by atoms with Crippen molar-refractivity contribution in [2.45, 2.75) is 6.42 Å². The van der Waals surface area contributed by atoms with Crippen LogP contribution in [0.4, 0.5) is 0 Å². The summed E-state index contributed by atoms with van der Waals surface area (Å²) in [5, 5.41) is 8.48. The summed E-state index contributed by atoms with van der Waals surface area (Å²) >= 11 is 3.34. The molecule has 0 atom stereocenters. The molecule has 3 nitrogen and oxygen atoms in total. The van der Waals surface area contributed by atoms with Crippen molar-refractivity contribution in [2.75, 3.05) is 5.33 Å². The van der Waals surface area contributed by atoms with E-state index in [0.717, 1.165) is 17.4 Å². The predicted octanol–water partition coefficient (Wildman–Crippen LogP) is 1.33. The van der Waals surface area contributed by atoms with E-state index in [1.54, 1.807) is 10.9 Å². The lowest BCUT2D eigenvalue weighted by molar-refractivity contribution is 0.683. The molecule has 0 radical (unpaired) electrons. The third-order valence-electron chi connectivity index (χ3n) is 1.16. The molecule has 58 valence electrons. The molecule has 0 saturated carbocycles. The van der Waals surface area contributed by atoms with Crippen molar-refractivity contribution in [2.24, 2.45) is 7.05 Å². The first-order valence-electron chi connectivity index (χ1n) is 2.74. The second-order valence-corrected chi connectivity index (χ2v) is 2.58. The van der Waals surface area contributed by atoms with Crippen LogP contribution >= 0.6 is 32.9 Å². The highest BCUT2D eigenvalue weighted by Gasteiger charge is 1.95. The van der Waals surface area contributed by atoms with Gasteiger partial charge in [0.25, 0.3) is 0 Å². The van der Waals surface area contributed by atoms with E-state index >= 15 is 0 Å². The quantitative estimate of drug-likeness (QED) is 0.760. The number of aromatic nitrogens is 3. The van der Waals surface area contributed by atoms with Crippen molar-refractivity contribution < 1.29 is 0 Å². The normalized spacial score (nSPS) is 9.00. The fourth-order valence-electron chi connectivity index (χ4n) is 0.634. The van der Waals surface area contributed by atoms with Crippen molar-refractivity contribution in [3.63, 3.8) is 0 Å². The number of halogens is 2. The minimum atomic E-state index is 0. The predicted molar refractivity (Wildman–Crippen MR) is 48.8 cm³/mol. The maximum absolute atomic E-state index is 3.78. The molecular weight excluding hydrogens is 262 g/mol. The molecule has 5 heteroatoms. The Hall–Kier alpha value is 0.1000. The van der Waals surface area contributed by atoms with Crippen molar-refractivity contribution in [1.29, 1.82) is 0 Å². The van der Waals surface area contributed by atoms with Gasteiger partial charge in [0.15, 0.2) is 0 Å². The van der Waals surface area contributed by atoms with Gasteiger partial charge in [0.1, 0.15) is 0 Å². The number of rotatable bonds is 2. The molecule has 0 spiro atoms.